The second kappa shape index (κ2) is 11.2. The van der Waals surface area contributed by atoms with Crippen LogP contribution in [0.4, 0.5) is 0 Å². The van der Waals surface area contributed by atoms with Crippen molar-refractivity contribution in [3.63, 3.8) is 0 Å². The number of hydrogen-bond acceptors (Lipinski definition) is 4. The summed E-state index contributed by atoms with van der Waals surface area (Å²) in [4.78, 5) is 31.3. The normalized spacial score (nSPS) is 10.9. The lowest BCUT2D eigenvalue weighted by atomic mass is 10.0. The van der Waals surface area contributed by atoms with Gasteiger partial charge in [-0.15, -0.1) is 0 Å². The molecule has 4 aromatic carbocycles. The SMILES string of the molecule is O=Cc1cc(=O)c(OC(c2ccccc2)c2ccccc2)cn1OC(c1ccccc1)c1ccccc1. The van der Waals surface area contributed by atoms with Gasteiger partial charge in [0, 0.05) is 6.07 Å². The maximum Gasteiger partial charge on any atom is 0.224 e. The van der Waals surface area contributed by atoms with E-state index in [-0.39, 0.29) is 11.4 Å². The van der Waals surface area contributed by atoms with Crippen LogP contribution in [-0.2, 0) is 0 Å². The molecule has 0 N–H and O–H groups in total. The van der Waals surface area contributed by atoms with Gasteiger partial charge in [0.1, 0.15) is 11.8 Å². The molecular weight excluding hydrogens is 462 g/mol. The molecule has 0 aliphatic heterocycles. The fraction of sp³-hybridized carbons (Fsp3) is 0.0625. The Morgan fingerprint density at radius 1 is 0.595 bits per heavy atom. The molecule has 0 radical (unpaired) electrons. The van der Waals surface area contributed by atoms with Crippen LogP contribution in [0, 0.1) is 0 Å². The second-order valence-electron chi connectivity index (χ2n) is 8.50. The van der Waals surface area contributed by atoms with Crippen LogP contribution in [0.5, 0.6) is 5.75 Å². The first-order chi connectivity index (χ1) is 18.2. The maximum absolute atomic E-state index is 13.0. The first-order valence-electron chi connectivity index (χ1n) is 12.0. The van der Waals surface area contributed by atoms with Gasteiger partial charge in [-0.25, -0.2) is 0 Å². The molecule has 1 heterocycles. The lowest BCUT2D eigenvalue weighted by molar-refractivity contribution is 0.0519. The molecule has 0 bridgehead atoms. The van der Waals surface area contributed by atoms with Gasteiger partial charge in [-0.1, -0.05) is 121 Å². The van der Waals surface area contributed by atoms with E-state index in [1.54, 1.807) is 0 Å². The molecule has 37 heavy (non-hydrogen) atoms. The summed E-state index contributed by atoms with van der Waals surface area (Å²) in [5.41, 5.74) is 3.27. The summed E-state index contributed by atoms with van der Waals surface area (Å²) in [5.74, 6) is 0.0724. The van der Waals surface area contributed by atoms with Crippen molar-refractivity contribution in [2.75, 3.05) is 0 Å². The second-order valence-corrected chi connectivity index (χ2v) is 8.50. The Morgan fingerprint density at radius 2 is 1.00 bits per heavy atom. The fourth-order valence-corrected chi connectivity index (χ4v) is 4.17. The van der Waals surface area contributed by atoms with Gasteiger partial charge in [-0.05, 0) is 22.3 Å². The van der Waals surface area contributed by atoms with Crippen LogP contribution in [-0.4, -0.2) is 11.0 Å². The van der Waals surface area contributed by atoms with Gasteiger partial charge in [0.2, 0.25) is 5.43 Å². The van der Waals surface area contributed by atoms with Crippen LogP contribution < -0.4 is 15.0 Å². The molecule has 5 nitrogen and oxygen atoms in total. The lowest BCUT2D eigenvalue weighted by Crippen LogP contribution is -2.25. The molecule has 0 atom stereocenters. The summed E-state index contributed by atoms with van der Waals surface area (Å²) in [6, 6.07) is 40.0. The van der Waals surface area contributed by atoms with Crippen molar-refractivity contribution in [2.45, 2.75) is 12.2 Å². The molecule has 0 aliphatic rings. The topological polar surface area (TPSA) is 57.5 Å². The average molecular weight is 488 g/mol. The monoisotopic (exact) mass is 487 g/mol. The first-order valence-corrected chi connectivity index (χ1v) is 12.0. The van der Waals surface area contributed by atoms with Gasteiger partial charge in [0.25, 0.3) is 0 Å². The van der Waals surface area contributed by atoms with Gasteiger partial charge in [-0.3, -0.25) is 9.59 Å². The molecule has 5 rings (SSSR count). The van der Waals surface area contributed by atoms with Crippen molar-refractivity contribution in [1.82, 2.24) is 4.73 Å². The van der Waals surface area contributed by atoms with Crippen molar-refractivity contribution < 1.29 is 14.4 Å². The number of carbonyl (C=O) groups is 1. The van der Waals surface area contributed by atoms with Crippen molar-refractivity contribution in [3.8, 4) is 5.75 Å². The minimum Gasteiger partial charge on any atom is -0.475 e. The number of rotatable bonds is 9. The third kappa shape index (κ3) is 5.52. The largest absolute Gasteiger partial charge is 0.475 e. The predicted octanol–water partition coefficient (Wildman–Crippen LogP) is 6.05. The smallest absolute Gasteiger partial charge is 0.224 e. The number of aldehydes is 1. The van der Waals surface area contributed by atoms with E-state index in [0.29, 0.717) is 6.29 Å². The van der Waals surface area contributed by atoms with Crippen molar-refractivity contribution in [3.05, 3.63) is 172 Å². The maximum atomic E-state index is 13.0. The van der Waals surface area contributed by atoms with Gasteiger partial charge in [0.15, 0.2) is 18.1 Å². The lowest BCUT2D eigenvalue weighted by Gasteiger charge is -2.24. The Labute approximate surface area is 215 Å². The third-order valence-electron chi connectivity index (χ3n) is 6.00. The number of ether oxygens (including phenoxy) is 1. The first kappa shape index (κ1) is 23.8. The zero-order valence-electron chi connectivity index (χ0n) is 20.0. The standard InChI is InChI=1S/C32H25NO4/c34-23-28-21-29(35)30(36-31(24-13-5-1-6-14-24)25-15-7-2-8-16-25)22-33(28)37-32(26-17-9-3-10-18-26)27-19-11-4-12-20-27/h1-23,31-32H. The molecule has 5 heteroatoms. The van der Waals surface area contributed by atoms with Crippen LogP contribution >= 0.6 is 0 Å². The summed E-state index contributed by atoms with van der Waals surface area (Å²) in [5, 5.41) is 0. The van der Waals surface area contributed by atoms with E-state index in [0.717, 1.165) is 22.3 Å². The van der Waals surface area contributed by atoms with Crippen LogP contribution in [0.25, 0.3) is 0 Å². The van der Waals surface area contributed by atoms with E-state index in [4.69, 9.17) is 9.57 Å². The van der Waals surface area contributed by atoms with Crippen LogP contribution in [0.1, 0.15) is 45.0 Å². The van der Waals surface area contributed by atoms with Crippen molar-refractivity contribution >= 4 is 6.29 Å². The highest BCUT2D eigenvalue weighted by Crippen LogP contribution is 2.28. The molecule has 0 saturated heterocycles. The molecule has 0 spiro atoms. The third-order valence-corrected chi connectivity index (χ3v) is 6.00. The van der Waals surface area contributed by atoms with Gasteiger partial charge >= 0.3 is 0 Å². The number of aromatic nitrogens is 1. The zero-order valence-corrected chi connectivity index (χ0v) is 20.0. The van der Waals surface area contributed by atoms with E-state index < -0.39 is 17.6 Å². The Morgan fingerprint density at radius 3 is 1.41 bits per heavy atom. The van der Waals surface area contributed by atoms with Crippen molar-refractivity contribution in [2.24, 2.45) is 0 Å². The molecule has 5 aromatic rings. The van der Waals surface area contributed by atoms with E-state index >= 15 is 0 Å². The number of benzene rings is 4. The molecule has 0 fully saturated rings. The molecule has 1 aromatic heterocycles. The minimum atomic E-state index is -0.523. The van der Waals surface area contributed by atoms with E-state index in [1.165, 1.54) is 17.0 Å². The number of pyridine rings is 1. The van der Waals surface area contributed by atoms with E-state index in [1.807, 2.05) is 121 Å². The molecule has 0 amide bonds. The highest BCUT2D eigenvalue weighted by atomic mass is 16.7. The van der Waals surface area contributed by atoms with E-state index in [2.05, 4.69) is 0 Å². The van der Waals surface area contributed by atoms with Crippen molar-refractivity contribution in [1.29, 1.82) is 0 Å². The Hall–Kier alpha value is -4.90. The quantitative estimate of drug-likeness (QED) is 0.238. The number of carbonyl (C=O) groups excluding carboxylic acids is 1. The molecule has 0 saturated carbocycles. The Balaban J connectivity index is 1.55. The summed E-state index contributed by atoms with van der Waals surface area (Å²) in [7, 11) is 0. The van der Waals surface area contributed by atoms with Crippen LogP contribution in [0.2, 0.25) is 0 Å². The summed E-state index contributed by atoms with van der Waals surface area (Å²) < 4.78 is 7.64. The Kier molecular flexibility index (Phi) is 7.23. The summed E-state index contributed by atoms with van der Waals surface area (Å²) in [6.45, 7) is 0. The molecule has 182 valence electrons. The average Bonchev–Trinajstić information content (AvgIpc) is 2.97. The molecule has 0 unspecified atom stereocenters. The van der Waals surface area contributed by atoms with Crippen LogP contribution in [0.15, 0.2) is 138 Å². The molecular formula is C32H25NO4. The highest BCUT2D eigenvalue weighted by Gasteiger charge is 2.21. The number of hydrogen-bond donors (Lipinski definition) is 0. The fourth-order valence-electron chi connectivity index (χ4n) is 4.17. The minimum absolute atomic E-state index is 0.0724. The molecule has 0 aliphatic carbocycles. The van der Waals surface area contributed by atoms with Gasteiger partial charge in [-0.2, -0.15) is 4.73 Å². The van der Waals surface area contributed by atoms with E-state index in [9.17, 15) is 9.59 Å². The number of nitrogens with zero attached hydrogens (tertiary/aromatic N) is 1. The predicted molar refractivity (Wildman–Crippen MR) is 143 cm³/mol. The Bertz CT molecular complexity index is 1420. The van der Waals surface area contributed by atoms with Crippen LogP contribution in [0.3, 0.4) is 0 Å². The highest BCUT2D eigenvalue weighted by molar-refractivity contribution is 5.72. The summed E-state index contributed by atoms with van der Waals surface area (Å²) in [6.07, 6.45) is 1.01. The van der Waals surface area contributed by atoms with Gasteiger partial charge < -0.3 is 9.57 Å². The summed E-state index contributed by atoms with van der Waals surface area (Å²) >= 11 is 0. The zero-order chi connectivity index (χ0) is 25.5. The van der Waals surface area contributed by atoms with Gasteiger partial charge in [0.05, 0.1) is 6.20 Å².